The smallest absolute Gasteiger partial charge is 0.252 e. The summed E-state index contributed by atoms with van der Waals surface area (Å²) in [6.45, 7) is 4.09. The van der Waals surface area contributed by atoms with E-state index in [0.717, 1.165) is 16.5 Å². The van der Waals surface area contributed by atoms with E-state index in [9.17, 15) is 13.2 Å². The van der Waals surface area contributed by atoms with Crippen LogP contribution in [0.25, 0.3) is 10.9 Å². The summed E-state index contributed by atoms with van der Waals surface area (Å²) in [7, 11) is -3.73. The molecular formula is C19H19ClN2O3S. The number of hydrogen-bond acceptors (Lipinski definition) is 3. The zero-order valence-electron chi connectivity index (χ0n) is 14.4. The van der Waals surface area contributed by atoms with Gasteiger partial charge in [0.2, 0.25) is 10.0 Å². The Balaban J connectivity index is 1.89. The van der Waals surface area contributed by atoms with Crippen LogP contribution >= 0.6 is 11.6 Å². The van der Waals surface area contributed by atoms with Gasteiger partial charge in [-0.1, -0.05) is 31.5 Å². The highest BCUT2D eigenvalue weighted by Crippen LogP contribution is 2.20. The van der Waals surface area contributed by atoms with Crippen LogP contribution in [0.15, 0.2) is 58.2 Å². The van der Waals surface area contributed by atoms with Crippen molar-refractivity contribution in [2.45, 2.75) is 31.2 Å². The van der Waals surface area contributed by atoms with Gasteiger partial charge in [-0.3, -0.25) is 4.79 Å². The van der Waals surface area contributed by atoms with Gasteiger partial charge in [-0.15, -0.1) is 0 Å². The summed E-state index contributed by atoms with van der Waals surface area (Å²) >= 11 is 5.79. The number of nitrogens with one attached hydrogen (secondary N) is 2. The molecule has 0 bridgehead atoms. The van der Waals surface area contributed by atoms with Crippen molar-refractivity contribution in [3.63, 3.8) is 0 Å². The fourth-order valence-corrected chi connectivity index (χ4v) is 3.76. The quantitative estimate of drug-likeness (QED) is 0.695. The zero-order chi connectivity index (χ0) is 18.9. The highest BCUT2D eigenvalue weighted by Gasteiger charge is 2.15. The largest absolute Gasteiger partial charge is 0.322 e. The average Bonchev–Trinajstić information content (AvgIpc) is 2.60. The second-order valence-electron chi connectivity index (χ2n) is 6.40. The molecular weight excluding hydrogens is 372 g/mol. The molecule has 0 aliphatic heterocycles. The van der Waals surface area contributed by atoms with Crippen molar-refractivity contribution < 1.29 is 8.42 Å². The normalized spacial score (nSPS) is 12.0. The van der Waals surface area contributed by atoms with Crippen molar-refractivity contribution in [3.05, 3.63) is 75.0 Å². The van der Waals surface area contributed by atoms with E-state index in [1.807, 2.05) is 18.2 Å². The maximum absolute atomic E-state index is 12.4. The van der Waals surface area contributed by atoms with Gasteiger partial charge in [0, 0.05) is 22.6 Å². The van der Waals surface area contributed by atoms with Crippen molar-refractivity contribution in [1.29, 1.82) is 0 Å². The summed E-state index contributed by atoms with van der Waals surface area (Å²) in [6, 6.07) is 13.4. The number of pyridine rings is 1. The average molecular weight is 391 g/mol. The van der Waals surface area contributed by atoms with Crippen molar-refractivity contribution in [2.75, 3.05) is 0 Å². The number of hydrogen-bond donors (Lipinski definition) is 2. The number of rotatable bonds is 5. The summed E-state index contributed by atoms with van der Waals surface area (Å²) in [5.41, 5.74) is 1.92. The Kier molecular flexibility index (Phi) is 5.18. The monoisotopic (exact) mass is 390 g/mol. The molecule has 5 nitrogen and oxygen atoms in total. The lowest BCUT2D eigenvalue weighted by Crippen LogP contribution is -2.26. The molecule has 0 spiro atoms. The predicted octanol–water partition coefficient (Wildman–Crippen LogP) is 3.78. The molecule has 0 saturated heterocycles. The molecule has 0 fully saturated rings. The Morgan fingerprint density at radius 3 is 2.42 bits per heavy atom. The first kappa shape index (κ1) is 18.6. The fourth-order valence-electron chi connectivity index (χ4n) is 2.63. The minimum Gasteiger partial charge on any atom is -0.322 e. The molecule has 1 aromatic heterocycles. The zero-order valence-corrected chi connectivity index (χ0v) is 16.0. The molecule has 0 aliphatic carbocycles. The van der Waals surface area contributed by atoms with Gasteiger partial charge < -0.3 is 4.98 Å². The van der Waals surface area contributed by atoms with Gasteiger partial charge in [-0.25, -0.2) is 13.1 Å². The molecule has 1 heterocycles. The van der Waals surface area contributed by atoms with E-state index >= 15 is 0 Å². The third-order valence-corrected chi connectivity index (χ3v) is 5.86. The Hall–Kier alpha value is -2.15. The van der Waals surface area contributed by atoms with E-state index in [0.29, 0.717) is 16.5 Å². The molecule has 0 unspecified atom stereocenters. The molecule has 7 heteroatoms. The molecule has 2 aromatic carbocycles. The number of fused-ring (bicyclic) bond motifs is 1. The molecule has 0 aliphatic rings. The number of benzene rings is 2. The molecule has 3 rings (SSSR count). The van der Waals surface area contributed by atoms with Gasteiger partial charge in [-0.05, 0) is 59.3 Å². The lowest BCUT2D eigenvalue weighted by molar-refractivity contribution is 0.581. The van der Waals surface area contributed by atoms with Gasteiger partial charge in [0.05, 0.1) is 4.90 Å². The first-order chi connectivity index (χ1) is 12.3. The van der Waals surface area contributed by atoms with Gasteiger partial charge in [0.25, 0.3) is 5.56 Å². The minimum atomic E-state index is -3.73. The van der Waals surface area contributed by atoms with Crippen LogP contribution in [-0.4, -0.2) is 13.4 Å². The molecule has 0 saturated carbocycles. The van der Waals surface area contributed by atoms with Crippen molar-refractivity contribution in [1.82, 2.24) is 9.71 Å². The first-order valence-corrected chi connectivity index (χ1v) is 10.0. The van der Waals surface area contributed by atoms with Gasteiger partial charge in [0.1, 0.15) is 0 Å². The van der Waals surface area contributed by atoms with Crippen LogP contribution in [0.2, 0.25) is 5.02 Å². The summed E-state index contributed by atoms with van der Waals surface area (Å²) < 4.78 is 27.2. The Labute approximate surface area is 157 Å². The van der Waals surface area contributed by atoms with Crippen LogP contribution in [0.4, 0.5) is 0 Å². The highest BCUT2D eigenvalue weighted by molar-refractivity contribution is 7.89. The van der Waals surface area contributed by atoms with Crippen LogP contribution in [0.3, 0.4) is 0 Å². The molecule has 0 atom stereocenters. The SMILES string of the molecule is CC(C)c1ccc2[nH]c(=O)c(CNS(=O)(=O)c3ccc(Cl)cc3)cc2c1. The summed E-state index contributed by atoms with van der Waals surface area (Å²) in [5, 5.41) is 1.33. The Morgan fingerprint density at radius 2 is 1.77 bits per heavy atom. The Morgan fingerprint density at radius 1 is 1.08 bits per heavy atom. The minimum absolute atomic E-state index is 0.0951. The number of H-pyrrole nitrogens is 1. The number of aromatic nitrogens is 1. The number of sulfonamides is 1. The molecule has 0 amide bonds. The second kappa shape index (κ2) is 7.23. The molecule has 2 N–H and O–H groups in total. The van der Waals surface area contributed by atoms with E-state index in [1.165, 1.54) is 24.3 Å². The first-order valence-electron chi connectivity index (χ1n) is 8.17. The van der Waals surface area contributed by atoms with Crippen molar-refractivity contribution in [2.24, 2.45) is 0 Å². The van der Waals surface area contributed by atoms with E-state index < -0.39 is 10.0 Å². The molecule has 136 valence electrons. The van der Waals surface area contributed by atoms with Crippen molar-refractivity contribution in [3.8, 4) is 0 Å². The third kappa shape index (κ3) is 3.98. The van der Waals surface area contributed by atoms with Crippen LogP contribution < -0.4 is 10.3 Å². The van der Waals surface area contributed by atoms with Crippen LogP contribution in [0, 0.1) is 0 Å². The molecule has 3 aromatic rings. The van der Waals surface area contributed by atoms with E-state index in [-0.39, 0.29) is 17.0 Å². The van der Waals surface area contributed by atoms with E-state index in [2.05, 4.69) is 23.6 Å². The lowest BCUT2D eigenvalue weighted by Gasteiger charge is -2.09. The topological polar surface area (TPSA) is 79.0 Å². The lowest BCUT2D eigenvalue weighted by atomic mass is 10.0. The summed E-state index contributed by atoms with van der Waals surface area (Å²) in [6.07, 6.45) is 0. The number of halogens is 1. The maximum Gasteiger partial charge on any atom is 0.252 e. The standard InChI is InChI=1S/C19H19ClN2O3S/c1-12(2)13-3-8-18-14(9-13)10-15(19(23)22-18)11-21-26(24,25)17-6-4-16(20)5-7-17/h3-10,12,21H,11H2,1-2H3,(H,22,23). The second-order valence-corrected chi connectivity index (χ2v) is 8.61. The van der Waals surface area contributed by atoms with E-state index in [4.69, 9.17) is 11.6 Å². The summed E-state index contributed by atoms with van der Waals surface area (Å²) in [4.78, 5) is 15.1. The van der Waals surface area contributed by atoms with Crippen LogP contribution in [0.1, 0.15) is 30.9 Å². The van der Waals surface area contributed by atoms with Gasteiger partial charge in [-0.2, -0.15) is 0 Å². The van der Waals surface area contributed by atoms with Crippen LogP contribution in [0.5, 0.6) is 0 Å². The highest BCUT2D eigenvalue weighted by atomic mass is 35.5. The Bertz CT molecular complexity index is 1100. The van der Waals surface area contributed by atoms with Gasteiger partial charge in [0.15, 0.2) is 0 Å². The van der Waals surface area contributed by atoms with E-state index in [1.54, 1.807) is 6.07 Å². The van der Waals surface area contributed by atoms with Gasteiger partial charge >= 0.3 is 0 Å². The number of aromatic amines is 1. The molecule has 0 radical (unpaired) electrons. The molecule has 26 heavy (non-hydrogen) atoms. The summed E-state index contributed by atoms with van der Waals surface area (Å²) in [5.74, 6) is 0.359. The maximum atomic E-state index is 12.4. The third-order valence-electron chi connectivity index (χ3n) is 4.19. The van der Waals surface area contributed by atoms with Crippen LogP contribution in [-0.2, 0) is 16.6 Å². The fraction of sp³-hybridized carbons (Fsp3) is 0.211. The predicted molar refractivity (Wildman–Crippen MR) is 104 cm³/mol. The van der Waals surface area contributed by atoms with Crippen molar-refractivity contribution >= 4 is 32.5 Å².